The molecule has 0 unspecified atom stereocenters. The average molecular weight is 260 g/mol. The molecule has 98 valence electrons. The summed E-state index contributed by atoms with van der Waals surface area (Å²) in [7, 11) is 0. The van der Waals surface area contributed by atoms with E-state index in [-0.39, 0.29) is 11.4 Å². The van der Waals surface area contributed by atoms with Crippen molar-refractivity contribution in [1.29, 1.82) is 0 Å². The Morgan fingerprint density at radius 3 is 2.68 bits per heavy atom. The monoisotopic (exact) mass is 260 g/mol. The van der Waals surface area contributed by atoms with Gasteiger partial charge < -0.3 is 4.74 Å². The minimum atomic E-state index is -0.451. The molecular weight excluding hydrogens is 247 g/mol. The Bertz CT molecular complexity index is 570. The number of ether oxygens (including phenoxy) is 1. The number of benzene rings is 1. The average Bonchev–Trinajstić information content (AvgIpc) is 2.45. The highest BCUT2D eigenvalue weighted by Crippen LogP contribution is 2.15. The molecular formula is C14H13FN2O2. The summed E-state index contributed by atoms with van der Waals surface area (Å²) in [4.78, 5) is 19.6. The van der Waals surface area contributed by atoms with Crippen LogP contribution in [0.4, 0.5) is 4.39 Å². The number of esters is 1. The normalized spacial score (nSPS) is 10.2. The van der Waals surface area contributed by atoms with E-state index < -0.39 is 5.97 Å². The van der Waals surface area contributed by atoms with Gasteiger partial charge in [0.15, 0.2) is 5.82 Å². The van der Waals surface area contributed by atoms with Crippen LogP contribution >= 0.6 is 0 Å². The third-order valence-corrected chi connectivity index (χ3v) is 2.41. The summed E-state index contributed by atoms with van der Waals surface area (Å²) >= 11 is 0. The third kappa shape index (κ3) is 3.34. The molecule has 0 fully saturated rings. The van der Waals surface area contributed by atoms with Crippen molar-refractivity contribution in [2.45, 2.75) is 13.3 Å². The Hall–Kier alpha value is -2.30. The van der Waals surface area contributed by atoms with E-state index in [2.05, 4.69) is 9.97 Å². The van der Waals surface area contributed by atoms with Crippen LogP contribution in [0.2, 0.25) is 0 Å². The second kappa shape index (κ2) is 6.04. The first-order valence-corrected chi connectivity index (χ1v) is 5.96. The Kier molecular flexibility index (Phi) is 4.18. The molecule has 0 saturated heterocycles. The molecule has 2 rings (SSSR count). The number of hydrogen-bond acceptors (Lipinski definition) is 4. The minimum absolute atomic E-state index is 0.286. The van der Waals surface area contributed by atoms with Crippen molar-refractivity contribution in [2.24, 2.45) is 0 Å². The van der Waals surface area contributed by atoms with Crippen molar-refractivity contribution >= 4 is 5.97 Å². The van der Waals surface area contributed by atoms with Gasteiger partial charge in [-0.05, 0) is 18.6 Å². The zero-order valence-corrected chi connectivity index (χ0v) is 10.5. The number of aromatic nitrogens is 2. The summed E-state index contributed by atoms with van der Waals surface area (Å²) in [6.45, 7) is 2.28. The number of hydrogen-bond donors (Lipinski definition) is 0. The van der Waals surface area contributed by atoms with Crippen molar-refractivity contribution < 1.29 is 13.9 Å². The Morgan fingerprint density at radius 2 is 2.05 bits per heavy atom. The quantitative estimate of drug-likeness (QED) is 0.793. The summed E-state index contributed by atoms with van der Waals surface area (Å²) in [5.41, 5.74) is 0.849. The molecule has 1 aromatic carbocycles. The summed E-state index contributed by atoms with van der Waals surface area (Å²) in [5, 5.41) is 0. The molecule has 5 heteroatoms. The third-order valence-electron chi connectivity index (χ3n) is 2.41. The van der Waals surface area contributed by atoms with E-state index in [0.29, 0.717) is 18.0 Å². The molecule has 0 atom stereocenters. The van der Waals surface area contributed by atoms with E-state index in [0.717, 1.165) is 6.42 Å². The molecule has 0 aliphatic rings. The van der Waals surface area contributed by atoms with Crippen LogP contribution in [0.15, 0.2) is 36.7 Å². The Balaban J connectivity index is 2.16. The maximum atomic E-state index is 13.1. The molecule has 0 aliphatic heterocycles. The number of carbonyl (C=O) groups is 1. The Labute approximate surface area is 110 Å². The number of halogens is 1. The van der Waals surface area contributed by atoms with Gasteiger partial charge in [-0.2, -0.15) is 0 Å². The summed E-state index contributed by atoms with van der Waals surface area (Å²) < 4.78 is 18.0. The van der Waals surface area contributed by atoms with Crippen molar-refractivity contribution in [2.75, 3.05) is 6.61 Å². The fourth-order valence-electron chi connectivity index (χ4n) is 1.49. The number of nitrogens with zero attached hydrogens (tertiary/aromatic N) is 2. The first-order valence-electron chi connectivity index (χ1n) is 5.96. The molecule has 0 N–H and O–H groups in total. The molecule has 1 aromatic heterocycles. The summed E-state index contributed by atoms with van der Waals surface area (Å²) in [5.74, 6) is -0.438. The summed E-state index contributed by atoms with van der Waals surface area (Å²) in [6, 6.07) is 5.97. The zero-order valence-electron chi connectivity index (χ0n) is 10.5. The van der Waals surface area contributed by atoms with Crippen molar-refractivity contribution in [3.05, 3.63) is 48.0 Å². The van der Waals surface area contributed by atoms with Crippen LogP contribution < -0.4 is 0 Å². The first kappa shape index (κ1) is 13.1. The van der Waals surface area contributed by atoms with Crippen molar-refractivity contribution in [3.63, 3.8) is 0 Å². The predicted octanol–water partition coefficient (Wildman–Crippen LogP) is 2.85. The smallest absolute Gasteiger partial charge is 0.341 e. The molecule has 2 aromatic rings. The van der Waals surface area contributed by atoms with Crippen LogP contribution in [0.3, 0.4) is 0 Å². The molecule has 0 amide bonds. The summed E-state index contributed by atoms with van der Waals surface area (Å²) in [6.07, 6.45) is 3.52. The van der Waals surface area contributed by atoms with E-state index in [1.807, 2.05) is 6.92 Å². The van der Waals surface area contributed by atoms with Crippen LogP contribution in [-0.2, 0) is 4.74 Å². The highest BCUT2D eigenvalue weighted by Gasteiger charge is 2.09. The van der Waals surface area contributed by atoms with Crippen LogP contribution in [0, 0.1) is 5.82 Å². The van der Waals surface area contributed by atoms with E-state index in [1.54, 1.807) is 12.1 Å². The number of carbonyl (C=O) groups excluding carboxylic acids is 1. The van der Waals surface area contributed by atoms with Gasteiger partial charge in [0, 0.05) is 18.0 Å². The topological polar surface area (TPSA) is 52.1 Å². The van der Waals surface area contributed by atoms with Gasteiger partial charge in [0.05, 0.1) is 12.2 Å². The van der Waals surface area contributed by atoms with E-state index >= 15 is 0 Å². The van der Waals surface area contributed by atoms with E-state index in [1.165, 1.54) is 24.5 Å². The SMILES string of the molecule is CCCOC(=O)c1cnc(-c2cccc(F)c2)nc1. The standard InChI is InChI=1S/C14H13FN2O2/c1-2-6-19-14(18)11-8-16-13(17-9-11)10-4-3-5-12(15)7-10/h3-5,7-9H,2,6H2,1H3. The van der Waals surface area contributed by atoms with Gasteiger partial charge in [-0.15, -0.1) is 0 Å². The van der Waals surface area contributed by atoms with E-state index in [4.69, 9.17) is 4.74 Å². The van der Waals surface area contributed by atoms with Gasteiger partial charge in [0.25, 0.3) is 0 Å². The first-order chi connectivity index (χ1) is 9.20. The molecule has 1 heterocycles. The van der Waals surface area contributed by atoms with E-state index in [9.17, 15) is 9.18 Å². The van der Waals surface area contributed by atoms with Crippen molar-refractivity contribution in [1.82, 2.24) is 9.97 Å². The second-order valence-corrected chi connectivity index (χ2v) is 3.94. The highest BCUT2D eigenvalue weighted by molar-refractivity contribution is 5.88. The Morgan fingerprint density at radius 1 is 1.32 bits per heavy atom. The van der Waals surface area contributed by atoms with Gasteiger partial charge >= 0.3 is 5.97 Å². The van der Waals surface area contributed by atoms with Crippen LogP contribution in [-0.4, -0.2) is 22.5 Å². The van der Waals surface area contributed by atoms with Gasteiger partial charge in [0.1, 0.15) is 5.82 Å². The van der Waals surface area contributed by atoms with Crippen molar-refractivity contribution in [3.8, 4) is 11.4 Å². The molecule has 4 nitrogen and oxygen atoms in total. The molecule has 0 aliphatic carbocycles. The highest BCUT2D eigenvalue weighted by atomic mass is 19.1. The lowest BCUT2D eigenvalue weighted by molar-refractivity contribution is 0.0504. The largest absolute Gasteiger partial charge is 0.462 e. The second-order valence-electron chi connectivity index (χ2n) is 3.94. The lowest BCUT2D eigenvalue weighted by Gasteiger charge is -2.03. The number of rotatable bonds is 4. The minimum Gasteiger partial charge on any atom is -0.462 e. The van der Waals surface area contributed by atoms with Crippen LogP contribution in [0.1, 0.15) is 23.7 Å². The lowest BCUT2D eigenvalue weighted by Crippen LogP contribution is -2.07. The zero-order chi connectivity index (χ0) is 13.7. The molecule has 0 spiro atoms. The van der Waals surface area contributed by atoms with Gasteiger partial charge in [-0.25, -0.2) is 19.2 Å². The lowest BCUT2D eigenvalue weighted by atomic mass is 10.2. The van der Waals surface area contributed by atoms with Gasteiger partial charge in [-0.1, -0.05) is 19.1 Å². The van der Waals surface area contributed by atoms with Gasteiger partial charge in [0.2, 0.25) is 0 Å². The van der Waals surface area contributed by atoms with Crippen LogP contribution in [0.5, 0.6) is 0 Å². The maximum Gasteiger partial charge on any atom is 0.341 e. The fraction of sp³-hybridized carbons (Fsp3) is 0.214. The predicted molar refractivity (Wildman–Crippen MR) is 68.0 cm³/mol. The molecule has 0 bridgehead atoms. The van der Waals surface area contributed by atoms with Crippen LogP contribution in [0.25, 0.3) is 11.4 Å². The molecule has 19 heavy (non-hydrogen) atoms. The molecule has 0 radical (unpaired) electrons. The maximum absolute atomic E-state index is 13.1. The fourth-order valence-corrected chi connectivity index (χ4v) is 1.49. The molecule has 0 saturated carbocycles. The van der Waals surface area contributed by atoms with Gasteiger partial charge in [-0.3, -0.25) is 0 Å².